The van der Waals surface area contributed by atoms with Crippen LogP contribution in [0.3, 0.4) is 0 Å². The highest BCUT2D eigenvalue weighted by atomic mass is 16.7. The number of hydrogen-bond donors (Lipinski definition) is 1. The summed E-state index contributed by atoms with van der Waals surface area (Å²) < 4.78 is 10.7. The number of benzene rings is 1. The van der Waals surface area contributed by atoms with Crippen molar-refractivity contribution in [1.82, 2.24) is 5.32 Å². The quantitative estimate of drug-likeness (QED) is 0.814. The van der Waals surface area contributed by atoms with Gasteiger partial charge < -0.3 is 14.8 Å². The van der Waals surface area contributed by atoms with E-state index >= 15 is 0 Å². The van der Waals surface area contributed by atoms with Crippen molar-refractivity contribution < 1.29 is 9.47 Å². The maximum atomic E-state index is 5.40. The van der Waals surface area contributed by atoms with E-state index in [1.54, 1.807) is 0 Å². The van der Waals surface area contributed by atoms with Gasteiger partial charge in [0.15, 0.2) is 11.5 Å². The molecule has 3 heteroatoms. The molecule has 0 amide bonds. The largest absolute Gasteiger partial charge is 0.454 e. The van der Waals surface area contributed by atoms with Crippen molar-refractivity contribution in [2.24, 2.45) is 0 Å². The molecule has 0 spiro atoms. The van der Waals surface area contributed by atoms with Crippen molar-refractivity contribution in [1.29, 1.82) is 0 Å². The Morgan fingerprint density at radius 1 is 1.27 bits per heavy atom. The molecule has 3 rings (SSSR count). The van der Waals surface area contributed by atoms with E-state index < -0.39 is 0 Å². The van der Waals surface area contributed by atoms with Crippen molar-refractivity contribution in [3.8, 4) is 11.5 Å². The van der Waals surface area contributed by atoms with Crippen molar-refractivity contribution in [2.45, 2.75) is 18.3 Å². The molecule has 0 bridgehead atoms. The minimum Gasteiger partial charge on any atom is -0.454 e. The van der Waals surface area contributed by atoms with Gasteiger partial charge in [-0.2, -0.15) is 0 Å². The molecule has 0 atom stereocenters. The number of nitrogens with one attached hydrogen (secondary N) is 1. The number of hydrogen-bond acceptors (Lipinski definition) is 3. The summed E-state index contributed by atoms with van der Waals surface area (Å²) in [7, 11) is 2.01. The van der Waals surface area contributed by atoms with E-state index in [1.165, 1.54) is 18.4 Å². The SMILES string of the molecule is CNCC1(c2ccc3c(c2)OCO3)CC1. The maximum absolute atomic E-state index is 5.40. The van der Waals surface area contributed by atoms with Crippen molar-refractivity contribution in [3.05, 3.63) is 23.8 Å². The number of likely N-dealkylation sites (N-methyl/N-ethyl adjacent to an activating group) is 1. The summed E-state index contributed by atoms with van der Waals surface area (Å²) in [6.45, 7) is 1.41. The third-order valence-electron chi connectivity index (χ3n) is 3.35. The Morgan fingerprint density at radius 2 is 2.07 bits per heavy atom. The Kier molecular flexibility index (Phi) is 1.89. The first-order chi connectivity index (χ1) is 7.34. The van der Waals surface area contributed by atoms with Crippen LogP contribution in [0.4, 0.5) is 0 Å². The predicted molar refractivity (Wildman–Crippen MR) is 57.4 cm³/mol. The van der Waals surface area contributed by atoms with Crippen LogP contribution in [0.5, 0.6) is 11.5 Å². The zero-order valence-corrected chi connectivity index (χ0v) is 8.88. The van der Waals surface area contributed by atoms with Gasteiger partial charge in [0, 0.05) is 12.0 Å². The lowest BCUT2D eigenvalue weighted by atomic mass is 9.95. The van der Waals surface area contributed by atoms with E-state index in [-0.39, 0.29) is 0 Å². The molecule has 1 saturated carbocycles. The monoisotopic (exact) mass is 205 g/mol. The van der Waals surface area contributed by atoms with E-state index in [0.717, 1.165) is 18.0 Å². The van der Waals surface area contributed by atoms with E-state index in [2.05, 4.69) is 17.4 Å². The van der Waals surface area contributed by atoms with Crippen LogP contribution in [0.2, 0.25) is 0 Å². The minimum absolute atomic E-state index is 0.357. The van der Waals surface area contributed by atoms with Gasteiger partial charge in [0.2, 0.25) is 6.79 Å². The highest BCUT2D eigenvalue weighted by molar-refractivity contribution is 5.48. The van der Waals surface area contributed by atoms with E-state index in [9.17, 15) is 0 Å². The molecule has 1 aromatic rings. The highest BCUT2D eigenvalue weighted by Gasteiger charge is 2.44. The van der Waals surface area contributed by atoms with Crippen LogP contribution in [0.15, 0.2) is 18.2 Å². The Morgan fingerprint density at radius 3 is 2.80 bits per heavy atom. The van der Waals surface area contributed by atoms with Gasteiger partial charge in [0.25, 0.3) is 0 Å². The van der Waals surface area contributed by atoms with Crippen LogP contribution in [-0.2, 0) is 5.41 Å². The van der Waals surface area contributed by atoms with E-state index in [4.69, 9.17) is 9.47 Å². The predicted octanol–water partition coefficient (Wildman–Crippen LogP) is 1.67. The topological polar surface area (TPSA) is 30.5 Å². The van der Waals surface area contributed by atoms with Crippen molar-refractivity contribution >= 4 is 0 Å². The summed E-state index contributed by atoms with van der Waals surface area (Å²) in [4.78, 5) is 0. The van der Waals surface area contributed by atoms with Crippen LogP contribution in [-0.4, -0.2) is 20.4 Å². The van der Waals surface area contributed by atoms with Crippen LogP contribution >= 0.6 is 0 Å². The third-order valence-corrected chi connectivity index (χ3v) is 3.35. The molecule has 0 aromatic heterocycles. The molecular weight excluding hydrogens is 190 g/mol. The lowest BCUT2D eigenvalue weighted by Gasteiger charge is -2.15. The second-order valence-electron chi connectivity index (χ2n) is 4.38. The van der Waals surface area contributed by atoms with E-state index in [1.807, 2.05) is 13.1 Å². The van der Waals surface area contributed by atoms with Crippen LogP contribution in [0, 0.1) is 0 Å². The summed E-state index contributed by atoms with van der Waals surface area (Å²) >= 11 is 0. The van der Waals surface area contributed by atoms with Gasteiger partial charge in [-0.15, -0.1) is 0 Å². The molecule has 1 heterocycles. The summed E-state index contributed by atoms with van der Waals surface area (Å²) in [5, 5.41) is 3.26. The fourth-order valence-corrected chi connectivity index (χ4v) is 2.28. The first-order valence-electron chi connectivity index (χ1n) is 5.39. The third kappa shape index (κ3) is 1.38. The molecule has 15 heavy (non-hydrogen) atoms. The van der Waals surface area contributed by atoms with Gasteiger partial charge in [-0.25, -0.2) is 0 Å². The molecule has 1 fully saturated rings. The summed E-state index contributed by atoms with van der Waals surface area (Å²) in [6.07, 6.45) is 2.54. The molecule has 80 valence electrons. The fraction of sp³-hybridized carbons (Fsp3) is 0.500. The fourth-order valence-electron chi connectivity index (χ4n) is 2.28. The van der Waals surface area contributed by atoms with Gasteiger partial charge in [0.1, 0.15) is 0 Å². The molecule has 0 unspecified atom stereocenters. The minimum atomic E-state index is 0.357. The number of fused-ring (bicyclic) bond motifs is 1. The smallest absolute Gasteiger partial charge is 0.231 e. The molecule has 1 N–H and O–H groups in total. The van der Waals surface area contributed by atoms with E-state index in [0.29, 0.717) is 12.2 Å². The molecule has 2 aliphatic rings. The lowest BCUT2D eigenvalue weighted by Crippen LogP contribution is -2.23. The number of ether oxygens (including phenoxy) is 2. The molecule has 1 aromatic carbocycles. The molecular formula is C12H15NO2. The highest BCUT2D eigenvalue weighted by Crippen LogP contribution is 2.49. The molecule has 1 aliphatic carbocycles. The summed E-state index contributed by atoms with van der Waals surface area (Å²) in [5.41, 5.74) is 1.73. The molecule has 3 nitrogen and oxygen atoms in total. The van der Waals surface area contributed by atoms with Gasteiger partial charge >= 0.3 is 0 Å². The second kappa shape index (κ2) is 3.14. The maximum Gasteiger partial charge on any atom is 0.231 e. The van der Waals surface area contributed by atoms with Gasteiger partial charge in [-0.1, -0.05) is 6.07 Å². The van der Waals surface area contributed by atoms with Gasteiger partial charge in [0.05, 0.1) is 0 Å². The first kappa shape index (κ1) is 9.04. The Hall–Kier alpha value is -1.22. The van der Waals surface area contributed by atoms with Crippen LogP contribution in [0.25, 0.3) is 0 Å². The Bertz CT molecular complexity index is 385. The average molecular weight is 205 g/mol. The van der Waals surface area contributed by atoms with Gasteiger partial charge in [-0.05, 0) is 37.6 Å². The van der Waals surface area contributed by atoms with Crippen molar-refractivity contribution in [3.63, 3.8) is 0 Å². The zero-order valence-electron chi connectivity index (χ0n) is 8.88. The average Bonchev–Trinajstić information content (AvgIpc) is 2.89. The Balaban J connectivity index is 1.93. The molecule has 0 saturated heterocycles. The van der Waals surface area contributed by atoms with Gasteiger partial charge in [-0.3, -0.25) is 0 Å². The van der Waals surface area contributed by atoms with Crippen molar-refractivity contribution in [2.75, 3.05) is 20.4 Å². The number of rotatable bonds is 3. The molecule has 0 radical (unpaired) electrons. The summed E-state index contributed by atoms with van der Waals surface area (Å²) in [5.74, 6) is 1.77. The first-order valence-corrected chi connectivity index (χ1v) is 5.39. The zero-order chi connectivity index (χ0) is 10.3. The lowest BCUT2D eigenvalue weighted by molar-refractivity contribution is 0.174. The summed E-state index contributed by atoms with van der Waals surface area (Å²) in [6, 6.07) is 6.32. The molecule has 1 aliphatic heterocycles. The normalized spacial score (nSPS) is 20.3. The Labute approximate surface area is 89.4 Å². The van der Waals surface area contributed by atoms with Crippen LogP contribution < -0.4 is 14.8 Å². The standard InChI is InChI=1S/C12H15NO2/c1-13-7-12(4-5-12)9-2-3-10-11(6-9)15-8-14-10/h2-3,6,13H,4-5,7-8H2,1H3. The van der Waals surface area contributed by atoms with Crippen LogP contribution in [0.1, 0.15) is 18.4 Å². The second-order valence-corrected chi connectivity index (χ2v) is 4.38.